The van der Waals surface area contributed by atoms with E-state index in [1.807, 2.05) is 21.6 Å². The number of nitrogens with zero attached hydrogens (tertiary/aromatic N) is 5. The van der Waals surface area contributed by atoms with Gasteiger partial charge in [0, 0.05) is 25.4 Å². The summed E-state index contributed by atoms with van der Waals surface area (Å²) in [7, 11) is 0. The topological polar surface area (TPSA) is 91.6 Å². The van der Waals surface area contributed by atoms with Crippen LogP contribution in [0.25, 0.3) is 5.69 Å². The third-order valence-electron chi connectivity index (χ3n) is 4.75. The second kappa shape index (κ2) is 7.11. The molecule has 0 radical (unpaired) electrons. The number of hydrogen-bond donors (Lipinski definition) is 1. The van der Waals surface area contributed by atoms with Gasteiger partial charge in [-0.1, -0.05) is 12.1 Å². The molecule has 0 aliphatic heterocycles. The van der Waals surface area contributed by atoms with Gasteiger partial charge in [-0.05, 0) is 48.9 Å². The van der Waals surface area contributed by atoms with Crippen LogP contribution in [-0.2, 0) is 37.0 Å². The first kappa shape index (κ1) is 16.5. The molecule has 0 atom stereocenters. The van der Waals surface area contributed by atoms with E-state index in [1.165, 1.54) is 17.5 Å². The Labute approximate surface area is 151 Å². The Morgan fingerprint density at radius 1 is 1.23 bits per heavy atom. The highest BCUT2D eigenvalue weighted by molar-refractivity contribution is 5.75. The molecular weight excluding hydrogens is 328 g/mol. The van der Waals surface area contributed by atoms with Crippen LogP contribution in [0.5, 0.6) is 0 Å². The van der Waals surface area contributed by atoms with Crippen LogP contribution >= 0.6 is 0 Å². The number of amides is 1. The number of aromatic nitrogens is 5. The van der Waals surface area contributed by atoms with Crippen molar-refractivity contribution in [3.05, 3.63) is 59.4 Å². The van der Waals surface area contributed by atoms with Gasteiger partial charge in [0.2, 0.25) is 5.91 Å². The minimum absolute atomic E-state index is 0.0637. The second-order valence-electron chi connectivity index (χ2n) is 6.64. The number of hydrogen-bond acceptors (Lipinski definition) is 4. The quantitative estimate of drug-likeness (QED) is 0.701. The lowest BCUT2D eigenvalue weighted by Crippen LogP contribution is -2.14. The molecule has 2 N–H and O–H groups in total. The fraction of sp³-hybridized carbons (Fsp3) is 0.368. The number of primary amides is 1. The van der Waals surface area contributed by atoms with Crippen LogP contribution in [0.15, 0.2) is 36.7 Å². The maximum absolute atomic E-state index is 11.3. The van der Waals surface area contributed by atoms with Crippen LogP contribution in [0.2, 0.25) is 0 Å². The van der Waals surface area contributed by atoms with Gasteiger partial charge in [-0.2, -0.15) is 10.2 Å². The van der Waals surface area contributed by atoms with Crippen molar-refractivity contribution in [3.8, 4) is 5.69 Å². The monoisotopic (exact) mass is 350 g/mol. The summed E-state index contributed by atoms with van der Waals surface area (Å²) in [5.41, 5.74) is 9.15. The molecule has 4 rings (SSSR count). The summed E-state index contributed by atoms with van der Waals surface area (Å²) in [4.78, 5) is 15.9. The summed E-state index contributed by atoms with van der Waals surface area (Å²) in [5.74, 6) is 0.944. The number of fused-ring (bicyclic) bond motifs is 1. The Kier molecular flexibility index (Phi) is 4.51. The molecule has 0 unspecified atom stereocenters. The average molecular weight is 350 g/mol. The smallest absolute Gasteiger partial charge is 0.225 e. The zero-order valence-electron chi connectivity index (χ0n) is 14.6. The van der Waals surface area contributed by atoms with Gasteiger partial charge in [-0.3, -0.25) is 9.48 Å². The Hall–Kier alpha value is -2.96. The minimum Gasteiger partial charge on any atom is -0.369 e. The highest BCUT2D eigenvalue weighted by atomic mass is 16.1. The van der Waals surface area contributed by atoms with Gasteiger partial charge in [-0.15, -0.1) is 0 Å². The molecule has 1 aromatic carbocycles. The number of nitrogens with two attached hydrogens (primary N) is 1. The van der Waals surface area contributed by atoms with Crippen LogP contribution in [0.1, 0.15) is 35.6 Å². The van der Waals surface area contributed by atoms with Gasteiger partial charge in [0.1, 0.15) is 5.82 Å². The van der Waals surface area contributed by atoms with Crippen molar-refractivity contribution >= 4 is 5.91 Å². The predicted molar refractivity (Wildman–Crippen MR) is 96.8 cm³/mol. The molecule has 26 heavy (non-hydrogen) atoms. The highest BCUT2D eigenvalue weighted by Crippen LogP contribution is 2.28. The first-order valence-electron chi connectivity index (χ1n) is 9.02. The molecule has 134 valence electrons. The van der Waals surface area contributed by atoms with E-state index in [0.717, 1.165) is 43.7 Å². The zero-order chi connectivity index (χ0) is 17.9. The molecule has 2 aromatic heterocycles. The lowest BCUT2D eigenvalue weighted by molar-refractivity contribution is -0.117. The van der Waals surface area contributed by atoms with E-state index < -0.39 is 5.91 Å². The molecule has 1 aliphatic rings. The fourth-order valence-corrected chi connectivity index (χ4v) is 3.61. The Morgan fingerprint density at radius 3 is 2.96 bits per heavy atom. The van der Waals surface area contributed by atoms with Crippen LogP contribution in [-0.4, -0.2) is 30.5 Å². The van der Waals surface area contributed by atoms with Gasteiger partial charge < -0.3 is 5.73 Å². The van der Waals surface area contributed by atoms with Crippen molar-refractivity contribution in [1.29, 1.82) is 0 Å². The van der Waals surface area contributed by atoms with Gasteiger partial charge >= 0.3 is 0 Å². The molecule has 0 bridgehead atoms. The summed E-state index contributed by atoms with van der Waals surface area (Å²) < 4.78 is 3.82. The first-order valence-corrected chi connectivity index (χ1v) is 9.02. The number of carbonyl (C=O) groups excluding carboxylic acids is 1. The van der Waals surface area contributed by atoms with E-state index in [2.05, 4.69) is 33.4 Å². The molecule has 3 aromatic rings. The van der Waals surface area contributed by atoms with E-state index in [4.69, 9.17) is 5.73 Å². The normalized spacial score (nSPS) is 13.1. The molecule has 1 amide bonds. The summed E-state index contributed by atoms with van der Waals surface area (Å²) in [6, 6.07) is 8.26. The van der Waals surface area contributed by atoms with E-state index in [9.17, 15) is 4.79 Å². The fourth-order valence-electron chi connectivity index (χ4n) is 3.61. The van der Waals surface area contributed by atoms with E-state index in [1.54, 1.807) is 6.20 Å². The van der Waals surface area contributed by atoms with Crippen molar-refractivity contribution in [2.24, 2.45) is 5.73 Å². The standard InChI is InChI=1S/C19H22N6O/c20-17(26)13-18-22-19(9-3-11-24-12-4-10-21-24)25(23-18)16-8-2-6-14-5-1-7-15(14)16/h2,4,6,8,10,12H,1,3,5,7,9,11,13H2,(H2,20,26). The van der Waals surface area contributed by atoms with Crippen LogP contribution in [0.3, 0.4) is 0 Å². The summed E-state index contributed by atoms with van der Waals surface area (Å²) in [5, 5.41) is 8.83. The number of carbonyl (C=O) groups is 1. The van der Waals surface area contributed by atoms with E-state index >= 15 is 0 Å². The summed E-state index contributed by atoms with van der Waals surface area (Å²) in [6.45, 7) is 0.817. The van der Waals surface area contributed by atoms with Gasteiger partial charge in [-0.25, -0.2) is 9.67 Å². The number of rotatable bonds is 7. The first-order chi connectivity index (χ1) is 12.7. The van der Waals surface area contributed by atoms with Crippen molar-refractivity contribution in [3.63, 3.8) is 0 Å². The van der Waals surface area contributed by atoms with Crippen LogP contribution in [0, 0.1) is 0 Å². The third kappa shape index (κ3) is 3.37. The summed E-state index contributed by atoms with van der Waals surface area (Å²) >= 11 is 0. The van der Waals surface area contributed by atoms with Gasteiger partial charge in [0.25, 0.3) is 0 Å². The maximum atomic E-state index is 11.3. The molecule has 0 spiro atoms. The average Bonchev–Trinajstić information content (AvgIpc) is 3.34. The third-order valence-corrected chi connectivity index (χ3v) is 4.75. The Balaban J connectivity index is 1.63. The molecule has 0 fully saturated rings. The van der Waals surface area contributed by atoms with Crippen molar-refractivity contribution in [2.75, 3.05) is 0 Å². The number of benzene rings is 1. The predicted octanol–water partition coefficient (Wildman–Crippen LogP) is 1.61. The van der Waals surface area contributed by atoms with Gasteiger partial charge in [0.15, 0.2) is 5.82 Å². The zero-order valence-corrected chi connectivity index (χ0v) is 14.6. The second-order valence-corrected chi connectivity index (χ2v) is 6.64. The maximum Gasteiger partial charge on any atom is 0.225 e. The highest BCUT2D eigenvalue weighted by Gasteiger charge is 2.20. The lowest BCUT2D eigenvalue weighted by atomic mass is 10.1. The Bertz CT molecular complexity index is 912. The van der Waals surface area contributed by atoms with Crippen molar-refractivity contribution in [1.82, 2.24) is 24.5 Å². The van der Waals surface area contributed by atoms with Crippen molar-refractivity contribution < 1.29 is 4.79 Å². The molecule has 1 aliphatic carbocycles. The Morgan fingerprint density at radius 2 is 2.15 bits per heavy atom. The molecule has 7 nitrogen and oxygen atoms in total. The lowest BCUT2D eigenvalue weighted by Gasteiger charge is -2.11. The minimum atomic E-state index is -0.413. The van der Waals surface area contributed by atoms with Crippen LogP contribution in [0.4, 0.5) is 0 Å². The molecule has 0 saturated carbocycles. The molecule has 7 heteroatoms. The van der Waals surface area contributed by atoms with Gasteiger partial charge in [0.05, 0.1) is 12.1 Å². The SMILES string of the molecule is NC(=O)Cc1nc(CCCn2cccn2)n(-c2cccc3c2CCC3)n1. The summed E-state index contributed by atoms with van der Waals surface area (Å²) in [6.07, 6.45) is 8.79. The molecule has 2 heterocycles. The van der Waals surface area contributed by atoms with E-state index in [-0.39, 0.29) is 6.42 Å². The van der Waals surface area contributed by atoms with E-state index in [0.29, 0.717) is 5.82 Å². The molecule has 0 saturated heterocycles. The molecular formula is C19H22N6O. The van der Waals surface area contributed by atoms with Crippen LogP contribution < -0.4 is 5.73 Å². The number of aryl methyl sites for hydroxylation is 3. The largest absolute Gasteiger partial charge is 0.369 e. The van der Waals surface area contributed by atoms with Crippen molar-refractivity contribution in [2.45, 2.75) is 45.1 Å².